The summed E-state index contributed by atoms with van der Waals surface area (Å²) >= 11 is 6.08. The molecule has 110 valence electrons. The number of aromatic amines is 1. The van der Waals surface area contributed by atoms with Gasteiger partial charge in [-0.2, -0.15) is 0 Å². The second-order valence-corrected chi connectivity index (χ2v) is 6.09. The first-order chi connectivity index (χ1) is 10.7. The highest BCUT2D eigenvalue weighted by Gasteiger charge is 2.27. The van der Waals surface area contributed by atoms with Gasteiger partial charge in [-0.3, -0.25) is 4.79 Å². The standard InChI is InChI=1S/C18H15ClN2O/c19-15-7-3-1-6-13(15)18(22)20-11-9-14-12-5-2-4-8-16(12)21-17(14)10-11/h1-8,11,21H,9-10H2,(H,20,22). The van der Waals surface area contributed by atoms with Crippen molar-refractivity contribution in [2.24, 2.45) is 0 Å². The number of aromatic nitrogens is 1. The van der Waals surface area contributed by atoms with Gasteiger partial charge in [0.2, 0.25) is 0 Å². The van der Waals surface area contributed by atoms with Crippen molar-refractivity contribution >= 4 is 28.4 Å². The van der Waals surface area contributed by atoms with Gasteiger partial charge in [0.1, 0.15) is 0 Å². The van der Waals surface area contributed by atoms with Crippen LogP contribution in [-0.4, -0.2) is 16.9 Å². The van der Waals surface area contributed by atoms with E-state index in [2.05, 4.69) is 22.4 Å². The summed E-state index contributed by atoms with van der Waals surface area (Å²) in [4.78, 5) is 15.8. The van der Waals surface area contributed by atoms with E-state index in [0.717, 1.165) is 12.8 Å². The van der Waals surface area contributed by atoms with E-state index < -0.39 is 0 Å². The zero-order valence-corrected chi connectivity index (χ0v) is 12.7. The van der Waals surface area contributed by atoms with Crippen molar-refractivity contribution in [1.82, 2.24) is 10.3 Å². The average Bonchev–Trinajstić information content (AvgIpc) is 3.04. The van der Waals surface area contributed by atoms with Crippen LogP contribution in [0.2, 0.25) is 5.02 Å². The van der Waals surface area contributed by atoms with Gasteiger partial charge in [0.05, 0.1) is 10.6 Å². The zero-order valence-electron chi connectivity index (χ0n) is 11.9. The minimum atomic E-state index is -0.106. The highest BCUT2D eigenvalue weighted by atomic mass is 35.5. The van der Waals surface area contributed by atoms with Gasteiger partial charge in [0, 0.05) is 29.1 Å². The maximum atomic E-state index is 12.4. The summed E-state index contributed by atoms with van der Waals surface area (Å²) in [5.74, 6) is -0.106. The molecule has 1 aliphatic rings. The Kier molecular flexibility index (Phi) is 3.16. The van der Waals surface area contributed by atoms with Crippen molar-refractivity contribution in [2.75, 3.05) is 0 Å². The summed E-state index contributed by atoms with van der Waals surface area (Å²) in [7, 11) is 0. The first-order valence-corrected chi connectivity index (χ1v) is 7.74. The Morgan fingerprint density at radius 2 is 1.86 bits per heavy atom. The van der Waals surface area contributed by atoms with Crippen LogP contribution in [0.4, 0.5) is 0 Å². The number of carbonyl (C=O) groups is 1. The van der Waals surface area contributed by atoms with Gasteiger partial charge in [-0.05, 0) is 30.2 Å². The lowest BCUT2D eigenvalue weighted by Gasteiger charge is -2.13. The summed E-state index contributed by atoms with van der Waals surface area (Å²) < 4.78 is 0. The number of nitrogens with one attached hydrogen (secondary N) is 2. The van der Waals surface area contributed by atoms with Gasteiger partial charge in [0.25, 0.3) is 5.91 Å². The lowest BCUT2D eigenvalue weighted by Crippen LogP contribution is -2.35. The smallest absolute Gasteiger partial charge is 0.253 e. The molecule has 1 atom stereocenters. The molecule has 4 rings (SSSR count). The maximum Gasteiger partial charge on any atom is 0.253 e. The van der Waals surface area contributed by atoms with Gasteiger partial charge >= 0.3 is 0 Å². The second-order valence-electron chi connectivity index (χ2n) is 5.69. The highest BCUT2D eigenvalue weighted by molar-refractivity contribution is 6.33. The third-order valence-corrected chi connectivity index (χ3v) is 4.59. The molecule has 22 heavy (non-hydrogen) atoms. The Morgan fingerprint density at radius 1 is 1.09 bits per heavy atom. The predicted octanol–water partition coefficient (Wildman–Crippen LogP) is 3.72. The van der Waals surface area contributed by atoms with Gasteiger partial charge < -0.3 is 10.3 Å². The molecular formula is C18H15ClN2O. The van der Waals surface area contributed by atoms with Crippen LogP contribution < -0.4 is 5.32 Å². The van der Waals surface area contributed by atoms with Crippen LogP contribution in [0, 0.1) is 0 Å². The van der Waals surface area contributed by atoms with E-state index in [1.165, 1.54) is 22.2 Å². The fourth-order valence-electron chi connectivity index (χ4n) is 3.24. The van der Waals surface area contributed by atoms with Crippen molar-refractivity contribution < 1.29 is 4.79 Å². The molecule has 1 aromatic heterocycles. The number of fused-ring (bicyclic) bond motifs is 3. The molecule has 0 spiro atoms. The molecule has 0 aliphatic heterocycles. The van der Waals surface area contributed by atoms with Crippen LogP contribution in [0.3, 0.4) is 0 Å². The summed E-state index contributed by atoms with van der Waals surface area (Å²) in [5.41, 5.74) is 4.25. The Morgan fingerprint density at radius 3 is 2.73 bits per heavy atom. The molecule has 1 unspecified atom stereocenters. The average molecular weight is 311 g/mol. The maximum absolute atomic E-state index is 12.4. The number of carbonyl (C=O) groups excluding carboxylic acids is 1. The van der Waals surface area contributed by atoms with E-state index in [-0.39, 0.29) is 11.9 Å². The van der Waals surface area contributed by atoms with Gasteiger partial charge in [-0.15, -0.1) is 0 Å². The molecule has 3 nitrogen and oxygen atoms in total. The minimum Gasteiger partial charge on any atom is -0.358 e. The number of benzene rings is 2. The number of hydrogen-bond donors (Lipinski definition) is 2. The molecule has 0 radical (unpaired) electrons. The van der Waals surface area contributed by atoms with Crippen molar-refractivity contribution in [3.05, 3.63) is 70.4 Å². The Hall–Kier alpha value is -2.26. The molecular weight excluding hydrogens is 296 g/mol. The molecule has 1 aliphatic carbocycles. The minimum absolute atomic E-state index is 0.106. The quantitative estimate of drug-likeness (QED) is 0.744. The lowest BCUT2D eigenvalue weighted by molar-refractivity contribution is 0.0938. The molecule has 0 fully saturated rings. The number of hydrogen-bond acceptors (Lipinski definition) is 1. The monoisotopic (exact) mass is 310 g/mol. The fourth-order valence-corrected chi connectivity index (χ4v) is 3.46. The van der Waals surface area contributed by atoms with Crippen molar-refractivity contribution in [1.29, 1.82) is 0 Å². The highest BCUT2D eigenvalue weighted by Crippen LogP contribution is 2.30. The zero-order chi connectivity index (χ0) is 15.1. The van der Waals surface area contributed by atoms with Crippen LogP contribution in [0.15, 0.2) is 48.5 Å². The third-order valence-electron chi connectivity index (χ3n) is 4.26. The first-order valence-electron chi connectivity index (χ1n) is 7.36. The summed E-state index contributed by atoms with van der Waals surface area (Å²) in [6, 6.07) is 15.6. The number of rotatable bonds is 2. The Labute approximate surface area is 133 Å². The number of amides is 1. The molecule has 3 aromatic rings. The normalized spacial score (nSPS) is 16.7. The fraction of sp³-hybridized carbons (Fsp3) is 0.167. The van der Waals surface area contributed by atoms with Gasteiger partial charge in [0.15, 0.2) is 0 Å². The molecule has 1 heterocycles. The van der Waals surface area contributed by atoms with E-state index in [1.807, 2.05) is 24.3 Å². The summed E-state index contributed by atoms with van der Waals surface area (Å²) in [5, 5.41) is 4.83. The van der Waals surface area contributed by atoms with Crippen molar-refractivity contribution in [2.45, 2.75) is 18.9 Å². The molecule has 0 bridgehead atoms. The van der Waals surface area contributed by atoms with E-state index in [1.54, 1.807) is 12.1 Å². The molecule has 2 N–H and O–H groups in total. The van der Waals surface area contributed by atoms with Crippen LogP contribution in [0.25, 0.3) is 10.9 Å². The molecule has 0 saturated carbocycles. The number of halogens is 1. The lowest BCUT2D eigenvalue weighted by atomic mass is 10.1. The van der Waals surface area contributed by atoms with E-state index >= 15 is 0 Å². The van der Waals surface area contributed by atoms with Gasteiger partial charge in [-0.1, -0.05) is 41.9 Å². The number of H-pyrrole nitrogens is 1. The topological polar surface area (TPSA) is 44.9 Å². The summed E-state index contributed by atoms with van der Waals surface area (Å²) in [6.07, 6.45) is 1.69. The van der Waals surface area contributed by atoms with Gasteiger partial charge in [-0.25, -0.2) is 0 Å². The predicted molar refractivity (Wildman–Crippen MR) is 88.4 cm³/mol. The van der Waals surface area contributed by atoms with Crippen LogP contribution >= 0.6 is 11.6 Å². The largest absolute Gasteiger partial charge is 0.358 e. The molecule has 2 aromatic carbocycles. The molecule has 0 saturated heterocycles. The van der Waals surface area contributed by atoms with E-state index in [0.29, 0.717) is 10.6 Å². The number of para-hydroxylation sites is 1. The molecule has 1 amide bonds. The Balaban J connectivity index is 1.54. The second kappa shape index (κ2) is 5.18. The van der Waals surface area contributed by atoms with Crippen molar-refractivity contribution in [3.63, 3.8) is 0 Å². The third kappa shape index (κ3) is 2.18. The summed E-state index contributed by atoms with van der Waals surface area (Å²) in [6.45, 7) is 0. The SMILES string of the molecule is O=C(NC1Cc2[nH]c3ccccc3c2C1)c1ccccc1Cl. The van der Waals surface area contributed by atoms with Crippen LogP contribution in [0.1, 0.15) is 21.6 Å². The first kappa shape index (κ1) is 13.4. The molecule has 4 heteroatoms. The van der Waals surface area contributed by atoms with Crippen LogP contribution in [0.5, 0.6) is 0 Å². The Bertz CT molecular complexity index is 868. The van der Waals surface area contributed by atoms with Crippen LogP contribution in [-0.2, 0) is 12.8 Å². The van der Waals surface area contributed by atoms with E-state index in [9.17, 15) is 4.79 Å². The van der Waals surface area contributed by atoms with Crippen molar-refractivity contribution in [3.8, 4) is 0 Å². The van der Waals surface area contributed by atoms with E-state index in [4.69, 9.17) is 11.6 Å².